The molecular weight excluding hydrogens is 613 g/mol. The van der Waals surface area contributed by atoms with Crippen LogP contribution >= 0.6 is 0 Å². The van der Waals surface area contributed by atoms with Crippen LogP contribution in [0.5, 0.6) is 0 Å². The number of anilines is 1. The largest absolute Gasteiger partial charge is 0.418 e. The molecule has 0 radical (unpaired) electrons. The zero-order valence-electron chi connectivity index (χ0n) is 26.2. The molecule has 10 nitrogen and oxygen atoms in total. The quantitative estimate of drug-likeness (QED) is 0.422. The first-order chi connectivity index (χ1) is 22.3. The lowest BCUT2D eigenvalue weighted by Gasteiger charge is -2.36. The van der Waals surface area contributed by atoms with Crippen LogP contribution in [0.25, 0.3) is 5.69 Å². The topological polar surface area (TPSA) is 131 Å². The number of benzene rings is 2. The van der Waals surface area contributed by atoms with E-state index in [1.54, 1.807) is 0 Å². The third-order valence-corrected chi connectivity index (χ3v) is 9.52. The summed E-state index contributed by atoms with van der Waals surface area (Å²) in [6, 6.07) is 8.64. The fourth-order valence-corrected chi connectivity index (χ4v) is 7.20. The Hall–Kier alpha value is -4.68. The Labute approximate surface area is 270 Å². The molecular formula is C34H37F3N6O4. The van der Waals surface area contributed by atoms with Gasteiger partial charge in [-0.3, -0.25) is 19.2 Å². The lowest BCUT2D eigenvalue weighted by molar-refractivity contribution is -0.141. The molecule has 0 aliphatic carbocycles. The van der Waals surface area contributed by atoms with Gasteiger partial charge in [-0.15, -0.1) is 0 Å². The van der Waals surface area contributed by atoms with Crippen molar-refractivity contribution in [3.63, 3.8) is 0 Å². The molecule has 3 aliphatic heterocycles. The number of nitrogens with one attached hydrogen (secondary N) is 1. The first-order valence-corrected chi connectivity index (χ1v) is 15.9. The Bertz CT molecular complexity index is 1740. The van der Waals surface area contributed by atoms with Crippen LogP contribution in [0.3, 0.4) is 0 Å². The van der Waals surface area contributed by atoms with E-state index in [-0.39, 0.29) is 49.0 Å². The lowest BCUT2D eigenvalue weighted by Crippen LogP contribution is -2.55. The molecule has 1 fully saturated rings. The minimum absolute atomic E-state index is 0.0174. The summed E-state index contributed by atoms with van der Waals surface area (Å²) in [7, 11) is 0. The van der Waals surface area contributed by atoms with Crippen LogP contribution in [-0.4, -0.2) is 68.4 Å². The van der Waals surface area contributed by atoms with Crippen molar-refractivity contribution in [1.29, 1.82) is 0 Å². The van der Waals surface area contributed by atoms with E-state index in [9.17, 15) is 32.3 Å². The van der Waals surface area contributed by atoms with Gasteiger partial charge in [0.25, 0.3) is 5.91 Å². The number of aryl methyl sites for hydroxylation is 1. The highest BCUT2D eigenvalue weighted by Gasteiger charge is 2.58. The van der Waals surface area contributed by atoms with Crippen molar-refractivity contribution in [1.82, 2.24) is 19.6 Å². The number of carbonyl (C=O) groups excluding carboxylic acids is 4. The minimum Gasteiger partial charge on any atom is -0.368 e. The molecule has 0 unspecified atom stereocenters. The van der Waals surface area contributed by atoms with Gasteiger partial charge in [-0.2, -0.15) is 18.3 Å². The molecule has 47 heavy (non-hydrogen) atoms. The average Bonchev–Trinajstić information content (AvgIpc) is 3.74. The highest BCUT2D eigenvalue weighted by molar-refractivity contribution is 6.08. The number of halogens is 3. The maximum Gasteiger partial charge on any atom is 0.418 e. The Morgan fingerprint density at radius 1 is 1.11 bits per heavy atom. The standard InChI is InChI=1S/C34H37F3N6O4/c1-20(2)14-27-31(46)42-19-33(16-28(42)29(38)44)24-15-21(11-12-25(24)40-32(33)47)8-4-3-7-13-41(27)30(45)22-17-39-43(18-22)26-10-6-5-9-23(26)34(35,36)37/h5-6,9-12,15,17-18,20,27-28H,3-4,7-8,13-14,16,19H2,1-2H3,(H2,38,44)(H,40,47)/t27-,28-,33-/m0/s1. The highest BCUT2D eigenvalue weighted by Crippen LogP contribution is 2.47. The monoisotopic (exact) mass is 650 g/mol. The van der Waals surface area contributed by atoms with Crippen molar-refractivity contribution in [3.05, 3.63) is 77.1 Å². The zero-order chi connectivity index (χ0) is 33.7. The van der Waals surface area contributed by atoms with Gasteiger partial charge >= 0.3 is 6.18 Å². The van der Waals surface area contributed by atoms with Crippen LogP contribution in [0.2, 0.25) is 0 Å². The number of primary amides is 1. The molecule has 3 atom stereocenters. The summed E-state index contributed by atoms with van der Waals surface area (Å²) in [6.45, 7) is 3.93. The second-order valence-electron chi connectivity index (χ2n) is 13.1. The molecule has 4 heterocycles. The van der Waals surface area contributed by atoms with Crippen molar-refractivity contribution in [2.45, 2.75) is 76.0 Å². The van der Waals surface area contributed by atoms with Crippen LogP contribution in [0.1, 0.15) is 73.0 Å². The Morgan fingerprint density at radius 3 is 2.60 bits per heavy atom. The molecule has 1 saturated heterocycles. The fourth-order valence-electron chi connectivity index (χ4n) is 7.20. The van der Waals surface area contributed by atoms with Crippen LogP contribution < -0.4 is 11.1 Å². The number of aromatic nitrogens is 2. The van der Waals surface area contributed by atoms with Gasteiger partial charge in [-0.25, -0.2) is 4.68 Å². The van der Waals surface area contributed by atoms with Crippen LogP contribution in [0, 0.1) is 5.92 Å². The van der Waals surface area contributed by atoms with E-state index in [2.05, 4.69) is 10.4 Å². The Kier molecular flexibility index (Phi) is 8.35. The van der Waals surface area contributed by atoms with Gasteiger partial charge in [0.05, 0.1) is 28.4 Å². The third-order valence-electron chi connectivity index (χ3n) is 9.52. The fraction of sp³-hybridized carbons (Fsp3) is 0.441. The summed E-state index contributed by atoms with van der Waals surface area (Å²) in [5.74, 6) is -2.18. The number of alkyl halides is 3. The molecule has 13 heteroatoms. The summed E-state index contributed by atoms with van der Waals surface area (Å²) < 4.78 is 42.3. The van der Waals surface area contributed by atoms with Crippen molar-refractivity contribution in [3.8, 4) is 5.69 Å². The van der Waals surface area contributed by atoms with Gasteiger partial charge in [-0.1, -0.05) is 44.5 Å². The van der Waals surface area contributed by atoms with Crippen molar-refractivity contribution < 1.29 is 32.3 Å². The number of rotatable bonds is 5. The molecule has 1 spiro atoms. The maximum atomic E-state index is 14.6. The average molecular weight is 651 g/mol. The summed E-state index contributed by atoms with van der Waals surface area (Å²) in [4.78, 5) is 58.1. The number of amides is 4. The SMILES string of the molecule is CC(C)C[C@H]1C(=O)N2C[C@]3(C[C@H]2C(N)=O)C(=O)Nc2ccc(cc23)CCCCCN1C(=O)c1cnn(-c2ccccc2C(F)(F)F)c1. The van der Waals surface area contributed by atoms with E-state index >= 15 is 0 Å². The molecule has 1 aromatic heterocycles. The third kappa shape index (κ3) is 5.87. The summed E-state index contributed by atoms with van der Waals surface area (Å²) in [6.07, 6.45) is 0.882. The summed E-state index contributed by atoms with van der Waals surface area (Å²) in [5.41, 5.74) is 5.96. The number of nitrogens with zero attached hydrogens (tertiary/aromatic N) is 4. The first-order valence-electron chi connectivity index (χ1n) is 15.9. The normalized spacial score (nSPS) is 23.2. The number of fused-ring (bicyclic) bond motifs is 2. The molecule has 4 bridgehead atoms. The molecule has 3 N–H and O–H groups in total. The van der Waals surface area contributed by atoms with Gasteiger partial charge in [0.15, 0.2) is 0 Å². The van der Waals surface area contributed by atoms with Gasteiger partial charge in [-0.05, 0) is 67.3 Å². The van der Waals surface area contributed by atoms with E-state index in [0.29, 0.717) is 12.1 Å². The Balaban J connectivity index is 1.40. The first kappa shape index (κ1) is 32.3. The minimum atomic E-state index is -4.64. The molecule has 4 amide bonds. The molecule has 2 aromatic carbocycles. The number of nitrogens with two attached hydrogens (primary N) is 1. The van der Waals surface area contributed by atoms with E-state index < -0.39 is 47.0 Å². The smallest absolute Gasteiger partial charge is 0.368 e. The molecule has 248 valence electrons. The predicted molar refractivity (Wildman–Crippen MR) is 166 cm³/mol. The summed E-state index contributed by atoms with van der Waals surface area (Å²) in [5, 5.41) is 7.02. The molecule has 0 saturated carbocycles. The molecule has 6 rings (SSSR count). The van der Waals surface area contributed by atoms with E-state index in [0.717, 1.165) is 41.1 Å². The number of hydrogen-bond acceptors (Lipinski definition) is 5. The van der Waals surface area contributed by atoms with E-state index in [1.165, 1.54) is 40.4 Å². The van der Waals surface area contributed by atoms with Gasteiger partial charge in [0.1, 0.15) is 12.1 Å². The molecule has 3 aromatic rings. The predicted octanol–water partition coefficient (Wildman–Crippen LogP) is 4.45. The van der Waals surface area contributed by atoms with Crippen LogP contribution in [0.15, 0.2) is 54.9 Å². The second-order valence-corrected chi connectivity index (χ2v) is 13.1. The van der Waals surface area contributed by atoms with Gasteiger partial charge in [0, 0.05) is 25.0 Å². The van der Waals surface area contributed by atoms with Crippen LogP contribution in [0.4, 0.5) is 18.9 Å². The lowest BCUT2D eigenvalue weighted by atomic mass is 9.78. The zero-order valence-corrected chi connectivity index (χ0v) is 26.2. The summed E-state index contributed by atoms with van der Waals surface area (Å²) >= 11 is 0. The molecule has 3 aliphatic rings. The number of para-hydroxylation sites is 1. The van der Waals surface area contributed by atoms with Crippen molar-refractivity contribution in [2.24, 2.45) is 11.7 Å². The Morgan fingerprint density at radius 2 is 1.87 bits per heavy atom. The van der Waals surface area contributed by atoms with Gasteiger partial charge in [0.2, 0.25) is 17.7 Å². The number of hydrogen-bond donors (Lipinski definition) is 2. The highest BCUT2D eigenvalue weighted by atomic mass is 19.4. The van der Waals surface area contributed by atoms with Crippen molar-refractivity contribution in [2.75, 3.05) is 18.4 Å². The second kappa shape index (κ2) is 12.2. The van der Waals surface area contributed by atoms with Crippen LogP contribution in [-0.2, 0) is 32.4 Å². The van der Waals surface area contributed by atoms with E-state index in [1.807, 2.05) is 32.0 Å². The van der Waals surface area contributed by atoms with E-state index in [4.69, 9.17) is 5.73 Å². The maximum absolute atomic E-state index is 14.6. The number of carbonyl (C=O) groups is 4. The van der Waals surface area contributed by atoms with Gasteiger partial charge < -0.3 is 20.9 Å². The van der Waals surface area contributed by atoms with Crippen molar-refractivity contribution >= 4 is 29.3 Å².